The van der Waals surface area contributed by atoms with Crippen molar-refractivity contribution in [1.82, 2.24) is 5.32 Å². The molecule has 1 aromatic rings. The second-order valence-corrected chi connectivity index (χ2v) is 3.27. The van der Waals surface area contributed by atoms with Crippen LogP contribution in [0.3, 0.4) is 0 Å². The molecule has 1 amide bonds. The molecule has 0 saturated carbocycles. The first kappa shape index (κ1) is 11.7. The Morgan fingerprint density at radius 2 is 2.07 bits per heavy atom. The average molecular weight is 229 g/mol. The fraction of sp³-hybridized carbons (Fsp3) is 0.300. The van der Waals surface area contributed by atoms with Crippen LogP contribution in [0.25, 0.3) is 0 Å². The molecule has 0 spiro atoms. The van der Waals surface area contributed by atoms with Gasteiger partial charge in [-0.25, -0.2) is 0 Å². The van der Waals surface area contributed by atoms with Crippen molar-refractivity contribution in [2.24, 2.45) is 0 Å². The van der Waals surface area contributed by atoms with E-state index in [1.165, 1.54) is 7.11 Å². The van der Waals surface area contributed by atoms with Gasteiger partial charge in [0.05, 0.1) is 23.4 Å². The maximum Gasteiger partial charge on any atom is 0.254 e. The summed E-state index contributed by atoms with van der Waals surface area (Å²) in [5.41, 5.74) is 1.14. The summed E-state index contributed by atoms with van der Waals surface area (Å²) in [6, 6.07) is 3.26. The molecule has 0 aliphatic rings. The van der Waals surface area contributed by atoms with E-state index in [1.807, 2.05) is 0 Å². The highest BCUT2D eigenvalue weighted by atomic mass is 35.5. The largest absolute Gasteiger partial charge is 0.496 e. The summed E-state index contributed by atoms with van der Waals surface area (Å²) in [4.78, 5) is 11.5. The zero-order valence-corrected chi connectivity index (χ0v) is 9.61. The Balaban J connectivity index is 3.27. The number of halogens is 1. The lowest BCUT2D eigenvalue weighted by Crippen LogP contribution is -2.18. The summed E-state index contributed by atoms with van der Waals surface area (Å²) in [6.07, 6.45) is 0. The third kappa shape index (κ3) is 2.33. The molecule has 0 atom stereocenters. The number of benzene rings is 1. The van der Waals surface area contributed by atoms with Gasteiger partial charge in [-0.15, -0.1) is 0 Å². The second-order valence-electron chi connectivity index (χ2n) is 2.86. The number of hydrogen-bond donors (Lipinski definition) is 2. The molecule has 1 aromatic carbocycles. The van der Waals surface area contributed by atoms with Crippen LogP contribution in [-0.2, 0) is 0 Å². The predicted molar refractivity (Wildman–Crippen MR) is 60.9 cm³/mol. The van der Waals surface area contributed by atoms with Crippen LogP contribution in [0.2, 0.25) is 5.02 Å². The number of carbonyl (C=O) groups excluding carboxylic acids is 1. The molecule has 0 aliphatic carbocycles. The summed E-state index contributed by atoms with van der Waals surface area (Å²) >= 11 is 5.96. The average Bonchev–Trinajstić information content (AvgIpc) is 2.27. The van der Waals surface area contributed by atoms with Crippen LogP contribution in [0.1, 0.15) is 10.4 Å². The Hall–Kier alpha value is -1.42. The molecule has 0 fully saturated rings. The normalized spacial score (nSPS) is 9.60. The van der Waals surface area contributed by atoms with Gasteiger partial charge in [0.2, 0.25) is 0 Å². The Labute approximate surface area is 93.6 Å². The van der Waals surface area contributed by atoms with Gasteiger partial charge in [-0.3, -0.25) is 4.79 Å². The number of methoxy groups -OCH3 is 1. The molecular weight excluding hydrogens is 216 g/mol. The Morgan fingerprint density at radius 1 is 1.40 bits per heavy atom. The topological polar surface area (TPSA) is 50.4 Å². The quantitative estimate of drug-likeness (QED) is 0.829. The monoisotopic (exact) mass is 228 g/mol. The van der Waals surface area contributed by atoms with Gasteiger partial charge in [0.1, 0.15) is 5.75 Å². The van der Waals surface area contributed by atoms with E-state index >= 15 is 0 Å². The predicted octanol–water partition coefficient (Wildman–Crippen LogP) is 1.75. The van der Waals surface area contributed by atoms with Crippen molar-refractivity contribution in [3.05, 3.63) is 22.7 Å². The van der Waals surface area contributed by atoms with Crippen molar-refractivity contribution in [2.75, 3.05) is 26.5 Å². The van der Waals surface area contributed by atoms with Crippen LogP contribution in [-0.4, -0.2) is 27.1 Å². The number of rotatable bonds is 3. The van der Waals surface area contributed by atoms with Crippen molar-refractivity contribution >= 4 is 23.2 Å². The van der Waals surface area contributed by atoms with E-state index in [4.69, 9.17) is 16.3 Å². The number of anilines is 1. The van der Waals surface area contributed by atoms with Gasteiger partial charge in [-0.2, -0.15) is 0 Å². The number of amides is 1. The van der Waals surface area contributed by atoms with Crippen LogP contribution in [0.5, 0.6) is 5.75 Å². The molecule has 15 heavy (non-hydrogen) atoms. The maximum absolute atomic E-state index is 11.5. The van der Waals surface area contributed by atoms with Gasteiger partial charge >= 0.3 is 0 Å². The highest BCUT2D eigenvalue weighted by molar-refractivity contribution is 6.33. The lowest BCUT2D eigenvalue weighted by Gasteiger charge is -2.11. The summed E-state index contributed by atoms with van der Waals surface area (Å²) < 4.78 is 5.11. The van der Waals surface area contributed by atoms with E-state index in [1.54, 1.807) is 26.2 Å². The van der Waals surface area contributed by atoms with Crippen molar-refractivity contribution in [3.8, 4) is 5.75 Å². The van der Waals surface area contributed by atoms with Crippen molar-refractivity contribution in [2.45, 2.75) is 0 Å². The summed E-state index contributed by atoms with van der Waals surface area (Å²) in [7, 11) is 4.82. The molecule has 0 saturated heterocycles. The third-order valence-corrected chi connectivity index (χ3v) is 2.34. The van der Waals surface area contributed by atoms with Gasteiger partial charge < -0.3 is 15.4 Å². The Kier molecular flexibility index (Phi) is 3.80. The lowest BCUT2D eigenvalue weighted by atomic mass is 10.1. The van der Waals surface area contributed by atoms with Gasteiger partial charge in [-0.05, 0) is 6.07 Å². The van der Waals surface area contributed by atoms with Crippen molar-refractivity contribution < 1.29 is 9.53 Å². The van der Waals surface area contributed by atoms with Crippen LogP contribution >= 0.6 is 11.6 Å². The van der Waals surface area contributed by atoms with E-state index in [0.29, 0.717) is 16.3 Å². The van der Waals surface area contributed by atoms with E-state index in [-0.39, 0.29) is 5.91 Å². The maximum atomic E-state index is 11.5. The number of ether oxygens (including phenoxy) is 1. The van der Waals surface area contributed by atoms with Gasteiger partial charge in [0.25, 0.3) is 5.91 Å². The minimum absolute atomic E-state index is 0.226. The smallest absolute Gasteiger partial charge is 0.254 e. The Bertz CT molecular complexity index is 380. The molecule has 0 heterocycles. The SMILES string of the molecule is CNC(=O)c1cc(Cl)c(NC)cc1OC. The molecule has 5 heteroatoms. The summed E-state index contributed by atoms with van der Waals surface area (Å²) in [6.45, 7) is 0. The van der Waals surface area contributed by atoms with E-state index in [2.05, 4.69) is 10.6 Å². The van der Waals surface area contributed by atoms with Crippen LogP contribution in [0, 0.1) is 0 Å². The van der Waals surface area contributed by atoms with Gasteiger partial charge in [-0.1, -0.05) is 11.6 Å². The minimum Gasteiger partial charge on any atom is -0.496 e. The zero-order valence-electron chi connectivity index (χ0n) is 8.85. The minimum atomic E-state index is -0.226. The Morgan fingerprint density at radius 3 is 2.53 bits per heavy atom. The van der Waals surface area contributed by atoms with Gasteiger partial charge in [0, 0.05) is 20.2 Å². The zero-order chi connectivity index (χ0) is 11.4. The summed E-state index contributed by atoms with van der Waals surface area (Å²) in [5.74, 6) is 0.263. The molecule has 4 nitrogen and oxygen atoms in total. The number of nitrogens with one attached hydrogen (secondary N) is 2. The first-order valence-electron chi connectivity index (χ1n) is 4.41. The molecule has 82 valence electrons. The number of hydrogen-bond acceptors (Lipinski definition) is 3. The molecule has 1 rings (SSSR count). The first-order chi connectivity index (χ1) is 7.13. The molecule has 0 aromatic heterocycles. The summed E-state index contributed by atoms with van der Waals surface area (Å²) in [5, 5.41) is 5.92. The van der Waals surface area contributed by atoms with Crippen LogP contribution in [0.4, 0.5) is 5.69 Å². The van der Waals surface area contributed by atoms with Crippen LogP contribution < -0.4 is 15.4 Å². The van der Waals surface area contributed by atoms with E-state index < -0.39 is 0 Å². The lowest BCUT2D eigenvalue weighted by molar-refractivity contribution is 0.0960. The highest BCUT2D eigenvalue weighted by Crippen LogP contribution is 2.30. The van der Waals surface area contributed by atoms with E-state index in [9.17, 15) is 4.79 Å². The third-order valence-electron chi connectivity index (χ3n) is 2.03. The fourth-order valence-corrected chi connectivity index (χ4v) is 1.48. The molecule has 0 radical (unpaired) electrons. The molecule has 2 N–H and O–H groups in total. The standard InChI is InChI=1S/C10H13ClN2O2/c1-12-8-5-9(15-3)6(4-7(8)11)10(14)13-2/h4-5,12H,1-3H3,(H,13,14). The molecule has 0 aliphatic heterocycles. The second kappa shape index (κ2) is 4.89. The fourth-order valence-electron chi connectivity index (χ4n) is 1.23. The van der Waals surface area contributed by atoms with Gasteiger partial charge in [0.15, 0.2) is 0 Å². The molecular formula is C10H13ClN2O2. The van der Waals surface area contributed by atoms with Crippen molar-refractivity contribution in [1.29, 1.82) is 0 Å². The van der Waals surface area contributed by atoms with Crippen LogP contribution in [0.15, 0.2) is 12.1 Å². The first-order valence-corrected chi connectivity index (χ1v) is 4.79. The van der Waals surface area contributed by atoms with Crippen molar-refractivity contribution in [3.63, 3.8) is 0 Å². The molecule has 0 unspecified atom stereocenters. The molecule has 0 bridgehead atoms. The number of carbonyl (C=O) groups is 1. The van der Waals surface area contributed by atoms with E-state index in [0.717, 1.165) is 5.69 Å². The highest BCUT2D eigenvalue weighted by Gasteiger charge is 2.13.